The predicted molar refractivity (Wildman–Crippen MR) is 76.5 cm³/mol. The summed E-state index contributed by atoms with van der Waals surface area (Å²) in [5, 5.41) is 0. The van der Waals surface area contributed by atoms with Crippen molar-refractivity contribution in [2.45, 2.75) is 33.1 Å². The molecule has 1 N–H and O–H groups in total. The van der Waals surface area contributed by atoms with Gasteiger partial charge in [-0.3, -0.25) is 0 Å². The Morgan fingerprint density at radius 2 is 2.17 bits per heavy atom. The second-order valence-corrected chi connectivity index (χ2v) is 4.71. The fraction of sp³-hybridized carbons (Fsp3) is 0.312. The minimum atomic E-state index is 0.967. The Hall–Kier alpha value is -1.83. The van der Waals surface area contributed by atoms with Crippen LogP contribution in [0, 0.1) is 13.8 Å². The van der Waals surface area contributed by atoms with Gasteiger partial charge in [0, 0.05) is 0 Å². The normalized spacial score (nSPS) is 11.2. The highest BCUT2D eigenvalue weighted by Crippen LogP contribution is 2.09. The molecule has 2 heteroatoms. The summed E-state index contributed by atoms with van der Waals surface area (Å²) in [5.41, 5.74) is 3.86. The number of benzene rings is 1. The zero-order valence-electron chi connectivity index (χ0n) is 11.1. The molecule has 2 rings (SSSR count). The van der Waals surface area contributed by atoms with Gasteiger partial charge in [-0.15, -0.1) is 0 Å². The van der Waals surface area contributed by atoms with Crippen LogP contribution in [0.25, 0.3) is 6.08 Å². The molecule has 0 radical (unpaired) electrons. The van der Waals surface area contributed by atoms with E-state index in [1.807, 2.05) is 13.1 Å². The molecule has 0 aliphatic carbocycles. The topological polar surface area (TPSA) is 28.7 Å². The average molecular weight is 240 g/mol. The molecule has 0 aliphatic heterocycles. The van der Waals surface area contributed by atoms with E-state index in [4.69, 9.17) is 0 Å². The number of unbranched alkanes of at least 4 members (excludes halogenated alkanes) is 1. The predicted octanol–water partition coefficient (Wildman–Crippen LogP) is 4.06. The van der Waals surface area contributed by atoms with Crippen LogP contribution in [-0.2, 0) is 6.42 Å². The van der Waals surface area contributed by atoms with Gasteiger partial charge in [0.05, 0.1) is 11.9 Å². The lowest BCUT2D eigenvalue weighted by molar-refractivity contribution is 0.844. The Morgan fingerprint density at radius 1 is 1.28 bits per heavy atom. The molecule has 0 saturated heterocycles. The van der Waals surface area contributed by atoms with E-state index in [2.05, 4.69) is 53.3 Å². The van der Waals surface area contributed by atoms with Gasteiger partial charge in [-0.1, -0.05) is 35.9 Å². The SMILES string of the molecule is Cc1cccc(CCCC=Cc2cnc(C)[nH]2)c1. The molecule has 0 saturated carbocycles. The molecule has 18 heavy (non-hydrogen) atoms. The van der Waals surface area contributed by atoms with Crippen molar-refractivity contribution in [1.82, 2.24) is 9.97 Å². The molecule has 2 nitrogen and oxygen atoms in total. The molecule has 0 bridgehead atoms. The number of nitrogens with one attached hydrogen (secondary N) is 1. The maximum Gasteiger partial charge on any atom is 0.103 e. The minimum Gasteiger partial charge on any atom is -0.343 e. The van der Waals surface area contributed by atoms with Crippen LogP contribution in [0.3, 0.4) is 0 Å². The maximum absolute atomic E-state index is 4.17. The van der Waals surface area contributed by atoms with Gasteiger partial charge in [0.1, 0.15) is 5.82 Å². The summed E-state index contributed by atoms with van der Waals surface area (Å²) in [7, 11) is 0. The minimum absolute atomic E-state index is 0.967. The molecule has 1 aromatic carbocycles. The first kappa shape index (κ1) is 12.6. The van der Waals surface area contributed by atoms with E-state index in [-0.39, 0.29) is 0 Å². The van der Waals surface area contributed by atoms with Crippen molar-refractivity contribution in [1.29, 1.82) is 0 Å². The van der Waals surface area contributed by atoms with Gasteiger partial charge < -0.3 is 4.98 Å². The van der Waals surface area contributed by atoms with Crippen molar-refractivity contribution in [2.75, 3.05) is 0 Å². The summed E-state index contributed by atoms with van der Waals surface area (Å²) in [5.74, 6) is 0.967. The first-order valence-electron chi connectivity index (χ1n) is 6.48. The van der Waals surface area contributed by atoms with Gasteiger partial charge in [-0.05, 0) is 44.7 Å². The smallest absolute Gasteiger partial charge is 0.103 e. The highest BCUT2D eigenvalue weighted by molar-refractivity contribution is 5.43. The van der Waals surface area contributed by atoms with Crippen molar-refractivity contribution in [3.63, 3.8) is 0 Å². The number of rotatable bonds is 5. The summed E-state index contributed by atoms with van der Waals surface area (Å²) in [6.45, 7) is 4.11. The Balaban J connectivity index is 1.74. The van der Waals surface area contributed by atoms with Crippen LogP contribution in [0.15, 0.2) is 36.5 Å². The van der Waals surface area contributed by atoms with Gasteiger partial charge in [0.15, 0.2) is 0 Å². The number of aromatic nitrogens is 2. The molecule has 0 aliphatic rings. The summed E-state index contributed by atoms with van der Waals surface area (Å²) in [6, 6.07) is 8.74. The van der Waals surface area contributed by atoms with Gasteiger partial charge in [0.25, 0.3) is 0 Å². The molecule has 0 atom stereocenters. The molecule has 0 unspecified atom stereocenters. The van der Waals surface area contributed by atoms with Crippen molar-refractivity contribution < 1.29 is 0 Å². The fourth-order valence-electron chi connectivity index (χ4n) is 2.03. The number of H-pyrrole nitrogens is 1. The second kappa shape index (κ2) is 6.20. The monoisotopic (exact) mass is 240 g/mol. The average Bonchev–Trinajstić information content (AvgIpc) is 2.75. The standard InChI is InChI=1S/C16H20N2/c1-13-7-6-9-15(11-13)8-4-3-5-10-16-12-17-14(2)18-16/h5-7,9-12H,3-4,8H2,1-2H3,(H,17,18). The summed E-state index contributed by atoms with van der Waals surface area (Å²) >= 11 is 0. The largest absolute Gasteiger partial charge is 0.343 e. The van der Waals surface area contributed by atoms with Gasteiger partial charge in [-0.25, -0.2) is 4.98 Å². The zero-order chi connectivity index (χ0) is 12.8. The molecule has 1 aromatic heterocycles. The van der Waals surface area contributed by atoms with E-state index < -0.39 is 0 Å². The van der Waals surface area contributed by atoms with Crippen LogP contribution < -0.4 is 0 Å². The van der Waals surface area contributed by atoms with E-state index in [1.54, 1.807) is 0 Å². The van der Waals surface area contributed by atoms with E-state index in [0.29, 0.717) is 0 Å². The number of hydrogen-bond donors (Lipinski definition) is 1. The van der Waals surface area contributed by atoms with Crippen LogP contribution in [-0.4, -0.2) is 9.97 Å². The Bertz CT molecular complexity index is 523. The maximum atomic E-state index is 4.17. The third kappa shape index (κ3) is 3.88. The first-order valence-corrected chi connectivity index (χ1v) is 6.48. The van der Waals surface area contributed by atoms with Crippen LogP contribution in [0.2, 0.25) is 0 Å². The zero-order valence-corrected chi connectivity index (χ0v) is 11.1. The number of hydrogen-bond acceptors (Lipinski definition) is 1. The lowest BCUT2D eigenvalue weighted by Crippen LogP contribution is -1.85. The number of allylic oxidation sites excluding steroid dienone is 1. The summed E-state index contributed by atoms with van der Waals surface area (Å²) in [6.07, 6.45) is 9.62. The second-order valence-electron chi connectivity index (χ2n) is 4.71. The number of nitrogens with zero attached hydrogens (tertiary/aromatic N) is 1. The number of aryl methyl sites for hydroxylation is 3. The summed E-state index contributed by atoms with van der Waals surface area (Å²) in [4.78, 5) is 7.36. The Kier molecular flexibility index (Phi) is 4.35. The molecular formula is C16H20N2. The Labute approximate surface area is 109 Å². The molecular weight excluding hydrogens is 220 g/mol. The quantitative estimate of drug-likeness (QED) is 0.784. The molecule has 2 aromatic rings. The Morgan fingerprint density at radius 3 is 2.89 bits per heavy atom. The van der Waals surface area contributed by atoms with E-state index in [1.165, 1.54) is 17.5 Å². The van der Waals surface area contributed by atoms with Gasteiger partial charge in [0.2, 0.25) is 0 Å². The van der Waals surface area contributed by atoms with Gasteiger partial charge >= 0.3 is 0 Å². The molecule has 0 amide bonds. The molecule has 1 heterocycles. The lowest BCUT2D eigenvalue weighted by Gasteiger charge is -2.00. The highest BCUT2D eigenvalue weighted by atomic mass is 14.9. The lowest BCUT2D eigenvalue weighted by atomic mass is 10.1. The molecule has 0 spiro atoms. The van der Waals surface area contributed by atoms with E-state index >= 15 is 0 Å². The van der Waals surface area contributed by atoms with Crippen LogP contribution in [0.4, 0.5) is 0 Å². The highest BCUT2D eigenvalue weighted by Gasteiger charge is 1.93. The van der Waals surface area contributed by atoms with Crippen molar-refractivity contribution in [3.8, 4) is 0 Å². The number of imidazole rings is 1. The van der Waals surface area contributed by atoms with E-state index in [9.17, 15) is 0 Å². The molecule has 94 valence electrons. The van der Waals surface area contributed by atoms with Crippen LogP contribution >= 0.6 is 0 Å². The van der Waals surface area contributed by atoms with E-state index in [0.717, 1.165) is 24.4 Å². The van der Waals surface area contributed by atoms with Crippen molar-refractivity contribution in [3.05, 3.63) is 59.2 Å². The summed E-state index contributed by atoms with van der Waals surface area (Å²) < 4.78 is 0. The van der Waals surface area contributed by atoms with Crippen molar-refractivity contribution >= 4 is 6.08 Å². The molecule has 0 fully saturated rings. The number of aromatic amines is 1. The van der Waals surface area contributed by atoms with Crippen LogP contribution in [0.5, 0.6) is 0 Å². The van der Waals surface area contributed by atoms with Crippen molar-refractivity contribution in [2.24, 2.45) is 0 Å². The van der Waals surface area contributed by atoms with Crippen LogP contribution in [0.1, 0.15) is 35.5 Å². The third-order valence-corrected chi connectivity index (χ3v) is 2.94. The fourth-order valence-corrected chi connectivity index (χ4v) is 2.03. The van der Waals surface area contributed by atoms with Gasteiger partial charge in [-0.2, -0.15) is 0 Å². The first-order chi connectivity index (χ1) is 8.74. The third-order valence-electron chi connectivity index (χ3n) is 2.94.